The first-order valence-corrected chi connectivity index (χ1v) is 7.93. The van der Waals surface area contributed by atoms with Gasteiger partial charge in [-0.2, -0.15) is 0 Å². The van der Waals surface area contributed by atoms with E-state index in [1.165, 1.54) is 25.7 Å². The number of nitrogens with zero attached hydrogens (tertiary/aromatic N) is 2. The number of aromatic nitrogens is 2. The molecule has 0 bridgehead atoms. The van der Waals surface area contributed by atoms with E-state index in [4.69, 9.17) is 0 Å². The number of anilines is 2. The number of hydrogen-bond acceptors (Lipinski definition) is 4. The molecule has 0 radical (unpaired) electrons. The molecule has 1 atom stereocenters. The van der Waals surface area contributed by atoms with E-state index in [2.05, 4.69) is 48.3 Å². The van der Waals surface area contributed by atoms with Crippen LogP contribution in [0.3, 0.4) is 0 Å². The van der Waals surface area contributed by atoms with Gasteiger partial charge >= 0.3 is 0 Å². The topological polar surface area (TPSA) is 49.8 Å². The van der Waals surface area contributed by atoms with Crippen LogP contribution in [0, 0.1) is 5.41 Å². The summed E-state index contributed by atoms with van der Waals surface area (Å²) in [6.07, 6.45) is 6.04. The minimum Gasteiger partial charge on any atom is -0.370 e. The first-order valence-electron chi connectivity index (χ1n) is 7.93. The van der Waals surface area contributed by atoms with Gasteiger partial charge in [0, 0.05) is 25.1 Å². The van der Waals surface area contributed by atoms with E-state index in [9.17, 15) is 0 Å². The van der Waals surface area contributed by atoms with Crippen LogP contribution in [0.4, 0.5) is 11.6 Å². The second-order valence-corrected chi connectivity index (χ2v) is 6.37. The van der Waals surface area contributed by atoms with E-state index >= 15 is 0 Å². The van der Waals surface area contributed by atoms with Crippen LogP contribution in [0.5, 0.6) is 0 Å². The minimum absolute atomic E-state index is 0.341. The molecule has 1 aliphatic carbocycles. The maximum absolute atomic E-state index is 4.63. The van der Waals surface area contributed by atoms with E-state index in [1.54, 1.807) is 0 Å². The summed E-state index contributed by atoms with van der Waals surface area (Å²) < 4.78 is 0. The third-order valence-corrected chi connectivity index (χ3v) is 4.28. The predicted molar refractivity (Wildman–Crippen MR) is 85.2 cm³/mol. The molecule has 0 saturated heterocycles. The summed E-state index contributed by atoms with van der Waals surface area (Å²) in [5.74, 6) is 2.79. The lowest BCUT2D eigenvalue weighted by molar-refractivity contribution is 0.216. The average molecular weight is 276 g/mol. The molecule has 1 heterocycles. The normalized spacial score (nSPS) is 21.5. The highest BCUT2D eigenvalue weighted by Crippen LogP contribution is 2.37. The Balaban J connectivity index is 2.17. The van der Waals surface area contributed by atoms with Crippen molar-refractivity contribution in [1.29, 1.82) is 0 Å². The zero-order chi connectivity index (χ0) is 14.6. The maximum atomic E-state index is 4.63. The lowest BCUT2D eigenvalue weighted by Crippen LogP contribution is -2.39. The quantitative estimate of drug-likeness (QED) is 0.857. The average Bonchev–Trinajstić information content (AvgIpc) is 2.41. The van der Waals surface area contributed by atoms with Gasteiger partial charge in [-0.3, -0.25) is 0 Å². The molecule has 0 amide bonds. The van der Waals surface area contributed by atoms with Crippen LogP contribution in [-0.4, -0.2) is 22.6 Å². The largest absolute Gasteiger partial charge is 0.370 e. The monoisotopic (exact) mass is 276 g/mol. The Morgan fingerprint density at radius 2 is 1.95 bits per heavy atom. The summed E-state index contributed by atoms with van der Waals surface area (Å²) in [7, 11) is 0. The van der Waals surface area contributed by atoms with E-state index in [0.29, 0.717) is 11.5 Å². The van der Waals surface area contributed by atoms with Gasteiger partial charge in [-0.25, -0.2) is 9.97 Å². The van der Waals surface area contributed by atoms with Crippen molar-refractivity contribution in [2.24, 2.45) is 5.41 Å². The minimum atomic E-state index is 0.341. The Labute approximate surface area is 122 Å². The number of rotatable bonds is 5. The fourth-order valence-electron chi connectivity index (χ4n) is 2.94. The van der Waals surface area contributed by atoms with Gasteiger partial charge in [-0.1, -0.05) is 33.6 Å². The van der Waals surface area contributed by atoms with Crippen molar-refractivity contribution in [3.63, 3.8) is 0 Å². The van der Waals surface area contributed by atoms with E-state index in [0.717, 1.165) is 30.4 Å². The summed E-state index contributed by atoms with van der Waals surface area (Å²) >= 11 is 0. The van der Waals surface area contributed by atoms with E-state index in [1.807, 2.05) is 6.07 Å². The first-order chi connectivity index (χ1) is 9.55. The molecule has 0 aliphatic heterocycles. The Hall–Kier alpha value is -1.32. The fraction of sp³-hybridized carbons (Fsp3) is 0.750. The molecule has 1 saturated carbocycles. The second kappa shape index (κ2) is 6.42. The zero-order valence-electron chi connectivity index (χ0n) is 13.3. The van der Waals surface area contributed by atoms with Crippen LogP contribution in [0.1, 0.15) is 59.2 Å². The summed E-state index contributed by atoms with van der Waals surface area (Å²) in [5.41, 5.74) is 0.341. The summed E-state index contributed by atoms with van der Waals surface area (Å²) in [6, 6.07) is 2.54. The van der Waals surface area contributed by atoms with Crippen molar-refractivity contribution < 1.29 is 0 Å². The van der Waals surface area contributed by atoms with Crippen LogP contribution in [0.2, 0.25) is 0 Å². The molecular weight excluding hydrogens is 248 g/mol. The highest BCUT2D eigenvalue weighted by molar-refractivity contribution is 5.48. The lowest BCUT2D eigenvalue weighted by atomic mass is 9.73. The van der Waals surface area contributed by atoms with Crippen LogP contribution >= 0.6 is 0 Å². The Bertz CT molecular complexity index is 442. The Morgan fingerprint density at radius 3 is 2.60 bits per heavy atom. The molecule has 1 aromatic rings. The molecule has 0 aromatic carbocycles. The third kappa shape index (κ3) is 3.62. The van der Waals surface area contributed by atoms with Crippen molar-refractivity contribution >= 4 is 11.6 Å². The van der Waals surface area contributed by atoms with Gasteiger partial charge in [0.1, 0.15) is 17.5 Å². The number of nitrogens with one attached hydrogen (secondary N) is 2. The maximum Gasteiger partial charge on any atom is 0.132 e. The summed E-state index contributed by atoms with van der Waals surface area (Å²) in [4.78, 5) is 9.14. The fourth-order valence-corrected chi connectivity index (χ4v) is 2.94. The molecule has 1 fully saturated rings. The number of hydrogen-bond donors (Lipinski definition) is 2. The van der Waals surface area contributed by atoms with Crippen LogP contribution in [0.15, 0.2) is 6.07 Å². The van der Waals surface area contributed by atoms with Gasteiger partial charge < -0.3 is 10.6 Å². The lowest BCUT2D eigenvalue weighted by Gasteiger charge is -2.39. The molecule has 2 rings (SSSR count). The van der Waals surface area contributed by atoms with Gasteiger partial charge in [0.2, 0.25) is 0 Å². The van der Waals surface area contributed by atoms with E-state index < -0.39 is 0 Å². The highest BCUT2D eigenvalue weighted by atomic mass is 15.1. The van der Waals surface area contributed by atoms with Gasteiger partial charge in [0.15, 0.2) is 0 Å². The number of aryl methyl sites for hydroxylation is 1. The Morgan fingerprint density at radius 1 is 1.20 bits per heavy atom. The van der Waals surface area contributed by atoms with Crippen molar-refractivity contribution in [2.45, 2.75) is 65.8 Å². The smallest absolute Gasteiger partial charge is 0.132 e. The molecule has 20 heavy (non-hydrogen) atoms. The van der Waals surface area contributed by atoms with Crippen LogP contribution < -0.4 is 10.6 Å². The molecule has 112 valence electrons. The van der Waals surface area contributed by atoms with Gasteiger partial charge in [0.05, 0.1) is 0 Å². The SMILES string of the molecule is CCNc1cc(NC2CCCCC2(C)C)nc(CC)n1. The zero-order valence-corrected chi connectivity index (χ0v) is 13.3. The first kappa shape index (κ1) is 15.1. The molecule has 0 spiro atoms. The predicted octanol–water partition coefficient (Wildman–Crippen LogP) is 3.85. The van der Waals surface area contributed by atoms with Gasteiger partial charge in [0.25, 0.3) is 0 Å². The standard InChI is InChI=1S/C16H28N4/c1-5-13-19-14(17-6-2)11-15(20-13)18-12-9-7-8-10-16(12,3)4/h11-12H,5-10H2,1-4H3,(H2,17,18,19,20). The van der Waals surface area contributed by atoms with Crippen molar-refractivity contribution in [1.82, 2.24) is 9.97 Å². The molecule has 1 aromatic heterocycles. The molecular formula is C16H28N4. The molecule has 4 heteroatoms. The Kier molecular flexibility index (Phi) is 4.84. The van der Waals surface area contributed by atoms with Crippen LogP contribution in [0.25, 0.3) is 0 Å². The molecule has 1 unspecified atom stereocenters. The van der Waals surface area contributed by atoms with Crippen molar-refractivity contribution in [2.75, 3.05) is 17.2 Å². The van der Waals surface area contributed by atoms with Crippen molar-refractivity contribution in [3.8, 4) is 0 Å². The molecule has 1 aliphatic rings. The van der Waals surface area contributed by atoms with Gasteiger partial charge in [-0.15, -0.1) is 0 Å². The second-order valence-electron chi connectivity index (χ2n) is 6.37. The highest BCUT2D eigenvalue weighted by Gasteiger charge is 2.32. The molecule has 4 nitrogen and oxygen atoms in total. The van der Waals surface area contributed by atoms with E-state index in [-0.39, 0.29) is 0 Å². The van der Waals surface area contributed by atoms with Gasteiger partial charge in [-0.05, 0) is 25.2 Å². The summed E-state index contributed by atoms with van der Waals surface area (Å²) in [6.45, 7) is 9.78. The van der Waals surface area contributed by atoms with Crippen LogP contribution in [-0.2, 0) is 6.42 Å². The summed E-state index contributed by atoms with van der Waals surface area (Å²) in [5, 5.41) is 6.94. The molecule has 2 N–H and O–H groups in total. The third-order valence-electron chi connectivity index (χ3n) is 4.28. The van der Waals surface area contributed by atoms with Crippen molar-refractivity contribution in [3.05, 3.63) is 11.9 Å².